The number of ether oxygens (including phenoxy) is 1. The number of aromatic nitrogens is 2. The molecule has 1 aromatic carbocycles. The highest BCUT2D eigenvalue weighted by molar-refractivity contribution is 5.35. The van der Waals surface area contributed by atoms with Crippen LogP contribution < -0.4 is 15.4 Å². The number of fused-ring (bicyclic) bond motifs is 1. The van der Waals surface area contributed by atoms with E-state index in [1.807, 2.05) is 0 Å². The fraction of sp³-hybridized carbons (Fsp3) is 0.375. The van der Waals surface area contributed by atoms with Gasteiger partial charge in [-0.3, -0.25) is 0 Å². The highest BCUT2D eigenvalue weighted by Crippen LogP contribution is 2.27. The monoisotopic (exact) mass is 302 g/mol. The van der Waals surface area contributed by atoms with Crippen LogP contribution in [0.1, 0.15) is 12.0 Å². The second-order valence-corrected chi connectivity index (χ2v) is 5.23. The Morgan fingerprint density at radius 2 is 2.09 bits per heavy atom. The van der Waals surface area contributed by atoms with Gasteiger partial charge in [0.05, 0.1) is 0 Å². The number of hydrogen-bond donors (Lipinski definition) is 2. The van der Waals surface area contributed by atoms with Gasteiger partial charge in [-0.05, 0) is 42.7 Å². The van der Waals surface area contributed by atoms with Crippen LogP contribution in [0, 0.1) is 5.82 Å². The van der Waals surface area contributed by atoms with Gasteiger partial charge in [-0.15, -0.1) is 0 Å². The summed E-state index contributed by atoms with van der Waals surface area (Å²) < 4.78 is 19.0. The van der Waals surface area contributed by atoms with Gasteiger partial charge in [0.25, 0.3) is 0 Å². The Hall–Kier alpha value is -2.21. The standard InChI is InChI=1S/C16H19FN4O/c17-13-3-5-15-12(10-13)2-4-14(22-15)11-18-8-9-21-16-19-6-1-7-20-16/h1,3,5-7,10,14,18H,2,4,8-9,11H2,(H,19,20,21)/t14-/m1/s1. The normalized spacial score (nSPS) is 16.7. The zero-order chi connectivity index (χ0) is 15.2. The highest BCUT2D eigenvalue weighted by Gasteiger charge is 2.19. The number of nitrogens with one attached hydrogen (secondary N) is 2. The topological polar surface area (TPSA) is 59.1 Å². The van der Waals surface area contributed by atoms with E-state index in [1.165, 1.54) is 6.07 Å². The molecular weight excluding hydrogens is 283 g/mol. The van der Waals surface area contributed by atoms with Crippen molar-refractivity contribution in [1.82, 2.24) is 15.3 Å². The van der Waals surface area contributed by atoms with Gasteiger partial charge in [-0.1, -0.05) is 0 Å². The van der Waals surface area contributed by atoms with E-state index in [2.05, 4.69) is 20.6 Å². The average molecular weight is 302 g/mol. The van der Waals surface area contributed by atoms with E-state index in [0.717, 1.165) is 43.8 Å². The molecule has 1 aliphatic heterocycles. The molecule has 1 atom stereocenters. The molecule has 0 saturated heterocycles. The molecule has 0 aliphatic carbocycles. The summed E-state index contributed by atoms with van der Waals surface area (Å²) in [4.78, 5) is 8.19. The molecule has 2 heterocycles. The second-order valence-electron chi connectivity index (χ2n) is 5.23. The first-order valence-corrected chi connectivity index (χ1v) is 7.48. The van der Waals surface area contributed by atoms with Crippen LogP contribution in [0.4, 0.5) is 10.3 Å². The predicted octanol–water partition coefficient (Wildman–Crippen LogP) is 2.01. The van der Waals surface area contributed by atoms with Crippen molar-refractivity contribution in [2.75, 3.05) is 25.0 Å². The highest BCUT2D eigenvalue weighted by atomic mass is 19.1. The van der Waals surface area contributed by atoms with Gasteiger partial charge in [0.2, 0.25) is 5.95 Å². The molecule has 3 rings (SSSR count). The Labute approximate surface area is 128 Å². The predicted molar refractivity (Wildman–Crippen MR) is 82.5 cm³/mol. The largest absolute Gasteiger partial charge is 0.489 e. The molecule has 2 N–H and O–H groups in total. The Bertz CT molecular complexity index is 608. The van der Waals surface area contributed by atoms with Crippen molar-refractivity contribution in [2.24, 2.45) is 0 Å². The van der Waals surface area contributed by atoms with Gasteiger partial charge in [-0.25, -0.2) is 14.4 Å². The maximum absolute atomic E-state index is 13.1. The van der Waals surface area contributed by atoms with Crippen molar-refractivity contribution < 1.29 is 9.13 Å². The summed E-state index contributed by atoms with van der Waals surface area (Å²) in [6.45, 7) is 2.32. The van der Waals surface area contributed by atoms with Crippen molar-refractivity contribution in [3.05, 3.63) is 48.0 Å². The molecule has 6 heteroatoms. The number of rotatable bonds is 6. The maximum atomic E-state index is 13.1. The Morgan fingerprint density at radius 3 is 2.95 bits per heavy atom. The zero-order valence-corrected chi connectivity index (χ0v) is 12.3. The van der Waals surface area contributed by atoms with Gasteiger partial charge < -0.3 is 15.4 Å². The first-order chi connectivity index (χ1) is 10.8. The minimum absolute atomic E-state index is 0.130. The molecule has 0 amide bonds. The molecule has 2 aromatic rings. The van der Waals surface area contributed by atoms with Crippen molar-refractivity contribution >= 4 is 5.95 Å². The van der Waals surface area contributed by atoms with Crippen molar-refractivity contribution in [3.63, 3.8) is 0 Å². The zero-order valence-electron chi connectivity index (χ0n) is 12.3. The van der Waals surface area contributed by atoms with Gasteiger partial charge in [0.1, 0.15) is 17.7 Å². The van der Waals surface area contributed by atoms with Gasteiger partial charge >= 0.3 is 0 Å². The van der Waals surface area contributed by atoms with Crippen LogP contribution in [0.3, 0.4) is 0 Å². The number of nitrogens with zero attached hydrogens (tertiary/aromatic N) is 2. The third-order valence-electron chi connectivity index (χ3n) is 3.57. The lowest BCUT2D eigenvalue weighted by Crippen LogP contribution is -2.36. The van der Waals surface area contributed by atoms with E-state index < -0.39 is 0 Å². The van der Waals surface area contributed by atoms with Crippen molar-refractivity contribution in [1.29, 1.82) is 0 Å². The summed E-state index contributed by atoms with van der Waals surface area (Å²) in [6, 6.07) is 6.50. The second kappa shape index (κ2) is 7.17. The lowest BCUT2D eigenvalue weighted by atomic mass is 10.0. The molecule has 22 heavy (non-hydrogen) atoms. The van der Waals surface area contributed by atoms with Gasteiger partial charge in [0.15, 0.2) is 0 Å². The minimum Gasteiger partial charge on any atom is -0.489 e. The Morgan fingerprint density at radius 1 is 1.23 bits per heavy atom. The summed E-state index contributed by atoms with van der Waals surface area (Å²) in [5, 5.41) is 6.49. The molecule has 5 nitrogen and oxygen atoms in total. The maximum Gasteiger partial charge on any atom is 0.222 e. The van der Waals surface area contributed by atoms with Crippen molar-refractivity contribution in [2.45, 2.75) is 18.9 Å². The molecule has 1 aromatic heterocycles. The molecule has 0 spiro atoms. The van der Waals surface area contributed by atoms with E-state index in [1.54, 1.807) is 30.6 Å². The number of anilines is 1. The summed E-state index contributed by atoms with van der Waals surface area (Å²) in [5.41, 5.74) is 0.958. The summed E-state index contributed by atoms with van der Waals surface area (Å²) in [6.07, 6.45) is 5.30. The van der Waals surface area contributed by atoms with Crippen LogP contribution in [0.25, 0.3) is 0 Å². The Balaban J connectivity index is 1.37. The average Bonchev–Trinajstić information content (AvgIpc) is 2.55. The van der Waals surface area contributed by atoms with Crippen molar-refractivity contribution in [3.8, 4) is 5.75 Å². The molecular formula is C16H19FN4O. The molecule has 1 aliphatic rings. The van der Waals surface area contributed by atoms with Crippen LogP contribution in [0.2, 0.25) is 0 Å². The number of benzene rings is 1. The fourth-order valence-corrected chi connectivity index (χ4v) is 2.47. The quantitative estimate of drug-likeness (QED) is 0.799. The smallest absolute Gasteiger partial charge is 0.222 e. The number of hydrogen-bond acceptors (Lipinski definition) is 5. The van der Waals surface area contributed by atoms with Crippen LogP contribution in [-0.4, -0.2) is 35.7 Å². The molecule has 0 bridgehead atoms. The van der Waals surface area contributed by atoms with Crippen LogP contribution >= 0.6 is 0 Å². The van der Waals surface area contributed by atoms with E-state index >= 15 is 0 Å². The lowest BCUT2D eigenvalue weighted by molar-refractivity contribution is 0.171. The molecule has 0 unspecified atom stereocenters. The third kappa shape index (κ3) is 3.92. The van der Waals surface area contributed by atoms with Crippen LogP contribution in [0.15, 0.2) is 36.7 Å². The first-order valence-electron chi connectivity index (χ1n) is 7.48. The van der Waals surface area contributed by atoms with E-state index in [9.17, 15) is 4.39 Å². The fourth-order valence-electron chi connectivity index (χ4n) is 2.47. The van der Waals surface area contributed by atoms with Gasteiger partial charge in [0, 0.05) is 32.0 Å². The summed E-state index contributed by atoms with van der Waals surface area (Å²) >= 11 is 0. The molecule has 0 saturated carbocycles. The van der Waals surface area contributed by atoms with Crippen LogP contribution in [0.5, 0.6) is 5.75 Å². The third-order valence-corrected chi connectivity index (χ3v) is 3.57. The first kappa shape index (κ1) is 14.7. The minimum atomic E-state index is -0.201. The van der Waals surface area contributed by atoms with E-state index in [4.69, 9.17) is 4.74 Å². The molecule has 116 valence electrons. The summed E-state index contributed by atoms with van der Waals surface area (Å²) in [7, 11) is 0. The summed E-state index contributed by atoms with van der Waals surface area (Å²) in [5.74, 6) is 1.23. The van der Waals surface area contributed by atoms with Crippen LogP contribution in [-0.2, 0) is 6.42 Å². The van der Waals surface area contributed by atoms with Gasteiger partial charge in [-0.2, -0.15) is 0 Å². The number of halogens is 1. The number of aryl methyl sites for hydroxylation is 1. The van der Waals surface area contributed by atoms with E-state index in [0.29, 0.717) is 5.95 Å². The molecule has 0 fully saturated rings. The lowest BCUT2D eigenvalue weighted by Gasteiger charge is -2.26. The molecule has 0 radical (unpaired) electrons. The SMILES string of the molecule is Fc1ccc2c(c1)CC[C@H](CNCCNc1ncccn1)O2. The Kier molecular flexibility index (Phi) is 4.80. The van der Waals surface area contributed by atoms with E-state index in [-0.39, 0.29) is 11.9 Å².